The molecule has 0 aliphatic carbocycles. The SMILES string of the molecule is CCCCCN(C(=O)S)C(Cl)(Cl)Cl. The van der Waals surface area contributed by atoms with E-state index in [9.17, 15) is 4.79 Å². The highest BCUT2D eigenvalue weighted by molar-refractivity contribution is 7.96. The molecule has 0 aromatic rings. The molecule has 0 aliphatic rings. The Labute approximate surface area is 98.9 Å². The van der Waals surface area contributed by atoms with Crippen LogP contribution in [0.5, 0.6) is 0 Å². The largest absolute Gasteiger partial charge is 0.289 e. The molecule has 1 amide bonds. The van der Waals surface area contributed by atoms with Crippen molar-refractivity contribution in [2.45, 2.75) is 30.1 Å². The van der Waals surface area contributed by atoms with E-state index in [0.717, 1.165) is 24.2 Å². The van der Waals surface area contributed by atoms with Gasteiger partial charge >= 0.3 is 0 Å². The second kappa shape index (κ2) is 6.23. The van der Waals surface area contributed by atoms with Crippen molar-refractivity contribution in [2.24, 2.45) is 0 Å². The van der Waals surface area contributed by atoms with Gasteiger partial charge in [-0.1, -0.05) is 67.2 Å². The number of hydrogen-bond acceptors (Lipinski definition) is 1. The van der Waals surface area contributed by atoms with Crippen molar-refractivity contribution >= 4 is 52.7 Å². The van der Waals surface area contributed by atoms with Gasteiger partial charge in [-0.05, 0) is 6.42 Å². The normalized spacial score (nSPS) is 11.5. The van der Waals surface area contributed by atoms with Gasteiger partial charge in [-0.2, -0.15) is 0 Å². The maximum atomic E-state index is 10.9. The van der Waals surface area contributed by atoms with E-state index in [1.807, 2.05) is 0 Å². The van der Waals surface area contributed by atoms with E-state index in [1.165, 1.54) is 0 Å². The molecule has 78 valence electrons. The Morgan fingerprint density at radius 1 is 1.38 bits per heavy atom. The number of rotatable bonds is 4. The molecule has 0 aliphatic heterocycles. The predicted molar refractivity (Wildman–Crippen MR) is 60.9 cm³/mol. The summed E-state index contributed by atoms with van der Waals surface area (Å²) in [5.41, 5.74) is 0. The number of hydrogen-bond donors (Lipinski definition) is 1. The maximum absolute atomic E-state index is 10.9. The third kappa shape index (κ3) is 5.89. The van der Waals surface area contributed by atoms with Crippen molar-refractivity contribution in [3.05, 3.63) is 0 Å². The first kappa shape index (κ1) is 13.7. The Hall–Kier alpha value is 0.690. The fraction of sp³-hybridized carbons (Fsp3) is 0.857. The molecule has 0 spiro atoms. The highest BCUT2D eigenvalue weighted by Crippen LogP contribution is 2.32. The van der Waals surface area contributed by atoms with Crippen LogP contribution in [0.2, 0.25) is 0 Å². The number of thiol groups is 1. The molecule has 0 aromatic carbocycles. The molecular formula is C7H12Cl3NOS. The van der Waals surface area contributed by atoms with Crippen molar-refractivity contribution in [3.63, 3.8) is 0 Å². The van der Waals surface area contributed by atoms with Crippen LogP contribution in [0, 0.1) is 0 Å². The molecular weight excluding hydrogens is 253 g/mol. The summed E-state index contributed by atoms with van der Waals surface area (Å²) in [4.78, 5) is 12.0. The summed E-state index contributed by atoms with van der Waals surface area (Å²) in [7, 11) is 0. The fourth-order valence-corrected chi connectivity index (χ4v) is 1.76. The average molecular weight is 265 g/mol. The lowest BCUT2D eigenvalue weighted by atomic mass is 10.2. The van der Waals surface area contributed by atoms with E-state index in [1.54, 1.807) is 0 Å². The van der Waals surface area contributed by atoms with Gasteiger partial charge in [0.05, 0.1) is 0 Å². The molecule has 0 aromatic heterocycles. The highest BCUT2D eigenvalue weighted by atomic mass is 35.6. The van der Waals surface area contributed by atoms with E-state index in [-0.39, 0.29) is 0 Å². The number of carbonyl (C=O) groups is 1. The van der Waals surface area contributed by atoms with Crippen LogP contribution in [0.4, 0.5) is 4.79 Å². The quantitative estimate of drug-likeness (QED) is 0.354. The summed E-state index contributed by atoms with van der Waals surface area (Å²) in [6, 6.07) is 0. The smallest absolute Gasteiger partial charge is 0.281 e. The summed E-state index contributed by atoms with van der Waals surface area (Å²) in [6.07, 6.45) is 2.86. The van der Waals surface area contributed by atoms with Crippen molar-refractivity contribution < 1.29 is 4.79 Å². The molecule has 2 nitrogen and oxygen atoms in total. The average Bonchev–Trinajstić information content (AvgIpc) is 1.94. The number of alkyl halides is 3. The minimum Gasteiger partial charge on any atom is -0.289 e. The van der Waals surface area contributed by atoms with Gasteiger partial charge in [-0.3, -0.25) is 9.69 Å². The molecule has 0 saturated heterocycles. The molecule has 13 heavy (non-hydrogen) atoms. The molecule has 0 fully saturated rings. The Morgan fingerprint density at radius 2 is 1.92 bits per heavy atom. The third-order valence-electron chi connectivity index (χ3n) is 1.52. The van der Waals surface area contributed by atoms with E-state index >= 15 is 0 Å². The van der Waals surface area contributed by atoms with Crippen molar-refractivity contribution in [1.82, 2.24) is 4.90 Å². The topological polar surface area (TPSA) is 20.3 Å². The van der Waals surface area contributed by atoms with Gasteiger partial charge in [0.25, 0.3) is 9.16 Å². The van der Waals surface area contributed by atoms with Crippen LogP contribution in [0.15, 0.2) is 0 Å². The fourth-order valence-electron chi connectivity index (χ4n) is 0.851. The van der Waals surface area contributed by atoms with Crippen LogP contribution in [0.25, 0.3) is 0 Å². The zero-order chi connectivity index (χ0) is 10.5. The number of nitrogens with zero attached hydrogens (tertiary/aromatic N) is 1. The summed E-state index contributed by atoms with van der Waals surface area (Å²) < 4.78 is -1.69. The Morgan fingerprint density at radius 3 is 2.23 bits per heavy atom. The van der Waals surface area contributed by atoms with Crippen LogP contribution in [0.1, 0.15) is 26.2 Å². The predicted octanol–water partition coefficient (Wildman–Crippen LogP) is 3.86. The van der Waals surface area contributed by atoms with Crippen molar-refractivity contribution in [3.8, 4) is 0 Å². The monoisotopic (exact) mass is 263 g/mol. The van der Waals surface area contributed by atoms with E-state index in [4.69, 9.17) is 34.8 Å². The van der Waals surface area contributed by atoms with Gasteiger partial charge in [0, 0.05) is 6.54 Å². The minimum atomic E-state index is -1.69. The van der Waals surface area contributed by atoms with Gasteiger partial charge in [0.1, 0.15) is 0 Å². The first-order valence-electron chi connectivity index (χ1n) is 3.97. The lowest BCUT2D eigenvalue weighted by Gasteiger charge is -2.27. The van der Waals surface area contributed by atoms with Gasteiger partial charge in [0.15, 0.2) is 0 Å². The van der Waals surface area contributed by atoms with Crippen LogP contribution in [0.3, 0.4) is 0 Å². The summed E-state index contributed by atoms with van der Waals surface area (Å²) in [5, 5.41) is -0.517. The minimum absolute atomic E-state index is 0.423. The first-order chi connectivity index (χ1) is 5.89. The van der Waals surface area contributed by atoms with E-state index in [2.05, 4.69) is 19.6 Å². The van der Waals surface area contributed by atoms with Crippen LogP contribution < -0.4 is 0 Å². The molecule has 6 heteroatoms. The highest BCUT2D eigenvalue weighted by Gasteiger charge is 2.31. The van der Waals surface area contributed by atoms with Crippen molar-refractivity contribution in [1.29, 1.82) is 0 Å². The number of carbonyl (C=O) groups excluding carboxylic acids is 1. The Balaban J connectivity index is 4.04. The Bertz CT molecular complexity index is 172. The number of amides is 1. The number of unbranched alkanes of at least 4 members (excludes halogenated alkanes) is 2. The van der Waals surface area contributed by atoms with Crippen molar-refractivity contribution in [2.75, 3.05) is 6.54 Å². The maximum Gasteiger partial charge on any atom is 0.281 e. The zero-order valence-electron chi connectivity index (χ0n) is 7.26. The molecule has 0 bridgehead atoms. The molecule has 0 unspecified atom stereocenters. The lowest BCUT2D eigenvalue weighted by Crippen LogP contribution is -2.38. The molecule has 0 radical (unpaired) electrons. The third-order valence-corrected chi connectivity index (χ3v) is 2.38. The summed E-state index contributed by atoms with van der Waals surface area (Å²) in [6.45, 7) is 2.48. The standard InChI is InChI=1S/C7H12Cl3NOS/c1-2-3-4-5-11(6(12)13)7(8,9)10/h2-5H2,1H3,(H,12,13). The van der Waals surface area contributed by atoms with E-state index < -0.39 is 9.16 Å². The molecule has 0 N–H and O–H groups in total. The van der Waals surface area contributed by atoms with Gasteiger partial charge in [-0.15, -0.1) is 0 Å². The lowest BCUT2D eigenvalue weighted by molar-refractivity contribution is 0.222. The summed E-state index contributed by atoms with van der Waals surface area (Å²) >= 11 is 20.3. The van der Waals surface area contributed by atoms with Gasteiger partial charge in [-0.25, -0.2) is 0 Å². The molecule has 0 atom stereocenters. The van der Waals surface area contributed by atoms with Gasteiger partial charge in [0.2, 0.25) is 0 Å². The molecule has 0 rings (SSSR count). The van der Waals surface area contributed by atoms with E-state index in [0.29, 0.717) is 6.54 Å². The van der Waals surface area contributed by atoms with Gasteiger partial charge < -0.3 is 0 Å². The second-order valence-corrected chi connectivity index (χ2v) is 5.21. The van der Waals surface area contributed by atoms with Crippen LogP contribution >= 0.6 is 47.4 Å². The second-order valence-electron chi connectivity index (χ2n) is 2.61. The zero-order valence-corrected chi connectivity index (χ0v) is 10.4. The van der Waals surface area contributed by atoms with Crippen LogP contribution in [-0.2, 0) is 0 Å². The van der Waals surface area contributed by atoms with Crippen LogP contribution in [-0.4, -0.2) is 20.6 Å². The summed E-state index contributed by atoms with van der Waals surface area (Å²) in [5.74, 6) is 0. The molecule has 0 saturated carbocycles. The Kier molecular flexibility index (Phi) is 6.56. The first-order valence-corrected chi connectivity index (χ1v) is 5.55. The number of halogens is 3. The molecule has 0 heterocycles.